The van der Waals surface area contributed by atoms with Gasteiger partial charge in [0.05, 0.1) is 12.2 Å². The average molecular weight is 539 g/mol. The number of hydrogen-bond acceptors (Lipinski definition) is 7. The Kier molecular flexibility index (Phi) is 7.40. The Labute approximate surface area is 235 Å². The number of allylic oxidation sites excluding steroid dienone is 1. The minimum Gasteiger partial charge on any atom is -0.369 e. The molecule has 9 nitrogen and oxygen atoms in total. The van der Waals surface area contributed by atoms with E-state index in [0.29, 0.717) is 23.5 Å². The van der Waals surface area contributed by atoms with Gasteiger partial charge in [-0.3, -0.25) is 9.69 Å². The second-order valence-electron chi connectivity index (χ2n) is 11.0. The maximum atomic E-state index is 13.4. The third-order valence-electron chi connectivity index (χ3n) is 8.03. The van der Waals surface area contributed by atoms with Crippen molar-refractivity contribution in [3.8, 4) is 5.69 Å². The molecule has 2 aromatic heterocycles. The van der Waals surface area contributed by atoms with E-state index in [-0.39, 0.29) is 5.56 Å². The van der Waals surface area contributed by atoms with Crippen molar-refractivity contribution >= 4 is 28.4 Å². The number of aryl methyl sites for hydroxylation is 1. The summed E-state index contributed by atoms with van der Waals surface area (Å²) in [6.07, 6.45) is 5.88. The normalized spacial score (nSPS) is 16.6. The van der Waals surface area contributed by atoms with Crippen LogP contribution >= 0.6 is 0 Å². The number of likely N-dealkylation sites (tertiary alicyclic amines) is 1. The summed E-state index contributed by atoms with van der Waals surface area (Å²) >= 11 is 0. The monoisotopic (exact) mass is 538 g/mol. The highest BCUT2D eigenvalue weighted by Crippen LogP contribution is 2.27. The van der Waals surface area contributed by atoms with E-state index in [1.165, 1.54) is 29.7 Å². The van der Waals surface area contributed by atoms with Gasteiger partial charge in [0.1, 0.15) is 5.39 Å². The number of anilines is 3. The maximum absolute atomic E-state index is 13.4. The molecule has 0 spiro atoms. The van der Waals surface area contributed by atoms with E-state index in [1.807, 2.05) is 10.7 Å². The van der Waals surface area contributed by atoms with E-state index in [1.54, 1.807) is 17.0 Å². The molecule has 9 heteroatoms. The lowest BCUT2D eigenvalue weighted by Crippen LogP contribution is -2.44. The number of hydrogen-bond donors (Lipinski definition) is 1. The zero-order valence-electron chi connectivity index (χ0n) is 23.5. The Morgan fingerprint density at radius 1 is 1.02 bits per heavy atom. The van der Waals surface area contributed by atoms with Crippen molar-refractivity contribution in [2.24, 2.45) is 0 Å². The molecule has 40 heavy (non-hydrogen) atoms. The molecular weight excluding hydrogens is 500 g/mol. The third-order valence-corrected chi connectivity index (χ3v) is 8.03. The van der Waals surface area contributed by atoms with Crippen molar-refractivity contribution in [2.45, 2.75) is 32.9 Å². The first-order valence-corrected chi connectivity index (χ1v) is 14.2. The smallest absolute Gasteiger partial charge is 0.278 e. The highest BCUT2D eigenvalue weighted by Gasteiger charge is 2.19. The molecule has 4 heterocycles. The van der Waals surface area contributed by atoms with Crippen LogP contribution in [0.25, 0.3) is 16.7 Å². The minimum atomic E-state index is -0.126. The number of fused-ring (bicyclic) bond motifs is 1. The Morgan fingerprint density at radius 2 is 1.82 bits per heavy atom. The predicted molar refractivity (Wildman–Crippen MR) is 162 cm³/mol. The SMILES string of the molecule is C=CCn1c(=O)c2cnc(Nc3ccc(N4CCN(C)CC4)c(C)c3)nc2n1-c1cccc(CN2CCCC2)c1. The average Bonchev–Trinajstić information content (AvgIpc) is 3.56. The summed E-state index contributed by atoms with van der Waals surface area (Å²) in [5.41, 5.74) is 5.97. The third kappa shape index (κ3) is 5.26. The van der Waals surface area contributed by atoms with E-state index in [4.69, 9.17) is 4.98 Å². The van der Waals surface area contributed by atoms with Crippen molar-refractivity contribution in [3.63, 3.8) is 0 Å². The quantitative estimate of drug-likeness (QED) is 0.338. The van der Waals surface area contributed by atoms with Crippen LogP contribution in [0.4, 0.5) is 17.3 Å². The van der Waals surface area contributed by atoms with Gasteiger partial charge in [-0.1, -0.05) is 18.2 Å². The van der Waals surface area contributed by atoms with Crippen LogP contribution in [0.5, 0.6) is 0 Å². The maximum Gasteiger partial charge on any atom is 0.278 e. The van der Waals surface area contributed by atoms with Gasteiger partial charge in [-0.2, -0.15) is 4.98 Å². The summed E-state index contributed by atoms with van der Waals surface area (Å²) in [5.74, 6) is 0.456. The van der Waals surface area contributed by atoms with Crippen LogP contribution in [0.1, 0.15) is 24.0 Å². The van der Waals surface area contributed by atoms with Gasteiger partial charge in [-0.05, 0) is 81.4 Å². The second kappa shape index (κ2) is 11.3. The van der Waals surface area contributed by atoms with Crippen molar-refractivity contribution in [3.05, 3.63) is 82.8 Å². The fourth-order valence-corrected chi connectivity index (χ4v) is 5.89. The molecule has 2 fully saturated rings. The molecule has 4 aromatic rings. The highest BCUT2D eigenvalue weighted by molar-refractivity contribution is 5.77. The molecule has 0 aliphatic carbocycles. The van der Waals surface area contributed by atoms with Gasteiger partial charge in [0.2, 0.25) is 5.95 Å². The van der Waals surface area contributed by atoms with Crippen LogP contribution < -0.4 is 15.8 Å². The van der Waals surface area contributed by atoms with Gasteiger partial charge in [0.15, 0.2) is 5.65 Å². The molecule has 0 unspecified atom stereocenters. The summed E-state index contributed by atoms with van der Waals surface area (Å²) in [6, 6.07) is 14.8. The Hall–Kier alpha value is -3.95. The summed E-state index contributed by atoms with van der Waals surface area (Å²) in [4.78, 5) is 30.0. The zero-order valence-corrected chi connectivity index (χ0v) is 23.5. The van der Waals surface area contributed by atoms with E-state index in [2.05, 4.69) is 81.9 Å². The summed E-state index contributed by atoms with van der Waals surface area (Å²) in [7, 11) is 2.17. The van der Waals surface area contributed by atoms with E-state index in [0.717, 1.165) is 57.2 Å². The van der Waals surface area contributed by atoms with Crippen LogP contribution in [-0.4, -0.2) is 75.4 Å². The number of likely N-dealkylation sites (N-methyl/N-ethyl adjacent to an activating group) is 1. The lowest BCUT2D eigenvalue weighted by molar-refractivity contribution is 0.312. The van der Waals surface area contributed by atoms with Gasteiger partial charge < -0.3 is 15.1 Å². The fraction of sp³-hybridized carbons (Fsp3) is 0.387. The number of piperazine rings is 1. The molecule has 0 radical (unpaired) electrons. The number of rotatable bonds is 8. The first-order valence-electron chi connectivity index (χ1n) is 14.2. The van der Waals surface area contributed by atoms with Crippen LogP contribution in [0.15, 0.2) is 66.1 Å². The van der Waals surface area contributed by atoms with Gasteiger partial charge >= 0.3 is 0 Å². The van der Waals surface area contributed by atoms with E-state index in [9.17, 15) is 4.79 Å². The Balaban J connectivity index is 1.32. The molecule has 1 N–H and O–H groups in total. The van der Waals surface area contributed by atoms with Crippen molar-refractivity contribution < 1.29 is 0 Å². The number of benzene rings is 2. The summed E-state index contributed by atoms with van der Waals surface area (Å²) < 4.78 is 3.58. The van der Waals surface area contributed by atoms with Gasteiger partial charge in [-0.25, -0.2) is 14.3 Å². The van der Waals surface area contributed by atoms with Crippen LogP contribution in [-0.2, 0) is 13.1 Å². The van der Waals surface area contributed by atoms with Crippen molar-refractivity contribution in [1.82, 2.24) is 29.1 Å². The molecule has 0 bridgehead atoms. The minimum absolute atomic E-state index is 0.126. The fourth-order valence-electron chi connectivity index (χ4n) is 5.89. The van der Waals surface area contributed by atoms with Crippen molar-refractivity contribution in [1.29, 1.82) is 0 Å². The predicted octanol–water partition coefficient (Wildman–Crippen LogP) is 4.17. The summed E-state index contributed by atoms with van der Waals surface area (Å²) in [5, 5.41) is 3.86. The highest BCUT2D eigenvalue weighted by atomic mass is 16.1. The van der Waals surface area contributed by atoms with Gasteiger partial charge in [0.25, 0.3) is 5.56 Å². The first kappa shape index (κ1) is 26.3. The molecular formula is C31H38N8O. The van der Waals surface area contributed by atoms with Crippen molar-refractivity contribution in [2.75, 3.05) is 56.5 Å². The Bertz CT molecular complexity index is 1570. The molecule has 6 rings (SSSR count). The summed E-state index contributed by atoms with van der Waals surface area (Å²) in [6.45, 7) is 13.8. The van der Waals surface area contributed by atoms with E-state index < -0.39 is 0 Å². The van der Waals surface area contributed by atoms with Crippen LogP contribution in [0.2, 0.25) is 0 Å². The molecule has 2 aliphatic rings. The standard InChI is InChI=1S/C31H38N8O/c1-4-12-38-30(40)27-21-32-31(33-25-10-11-28(23(2)19-25)37-17-15-35(3)16-18-37)34-29(27)39(38)26-9-7-8-24(20-26)22-36-13-5-6-14-36/h4,7-11,19-21H,1,5-6,12-18,22H2,2-3H3,(H,32,33,34). The molecule has 2 saturated heterocycles. The van der Waals surface area contributed by atoms with Gasteiger partial charge in [0, 0.05) is 50.3 Å². The molecule has 208 valence electrons. The molecule has 0 amide bonds. The second-order valence-corrected chi connectivity index (χ2v) is 11.0. The molecule has 2 aliphatic heterocycles. The lowest BCUT2D eigenvalue weighted by Gasteiger charge is -2.35. The van der Waals surface area contributed by atoms with Crippen LogP contribution in [0.3, 0.4) is 0 Å². The lowest BCUT2D eigenvalue weighted by atomic mass is 10.1. The molecule has 0 saturated carbocycles. The molecule has 2 aromatic carbocycles. The topological polar surface area (TPSA) is 74.5 Å². The van der Waals surface area contributed by atoms with Crippen LogP contribution in [0, 0.1) is 6.92 Å². The van der Waals surface area contributed by atoms with Gasteiger partial charge in [-0.15, -0.1) is 6.58 Å². The number of nitrogens with one attached hydrogen (secondary N) is 1. The number of aromatic nitrogens is 4. The first-order chi connectivity index (χ1) is 19.5. The Morgan fingerprint density at radius 3 is 2.58 bits per heavy atom. The largest absolute Gasteiger partial charge is 0.369 e. The number of nitrogens with zero attached hydrogens (tertiary/aromatic N) is 7. The zero-order chi connectivity index (χ0) is 27.6. The van der Waals surface area contributed by atoms with E-state index >= 15 is 0 Å². The molecule has 0 atom stereocenters.